The molecule has 0 aliphatic rings. The summed E-state index contributed by atoms with van der Waals surface area (Å²) in [5, 5.41) is 6.69. The highest BCUT2D eigenvalue weighted by Gasteiger charge is 2.09. The molecule has 0 bridgehead atoms. The van der Waals surface area contributed by atoms with Gasteiger partial charge in [-0.1, -0.05) is 31.2 Å². The molecule has 0 amide bonds. The van der Waals surface area contributed by atoms with Crippen molar-refractivity contribution >= 4 is 0 Å². The SMILES string of the molecule is CCNCC(NC)c1ccccc1C. The molecule has 14 heavy (non-hydrogen) atoms. The number of benzene rings is 1. The second kappa shape index (κ2) is 5.78. The largest absolute Gasteiger partial charge is 0.315 e. The van der Waals surface area contributed by atoms with E-state index in [9.17, 15) is 0 Å². The maximum atomic E-state index is 3.36. The van der Waals surface area contributed by atoms with Crippen LogP contribution in [0.4, 0.5) is 0 Å². The monoisotopic (exact) mass is 192 g/mol. The lowest BCUT2D eigenvalue weighted by atomic mass is 10.0. The Labute approximate surface area is 86.7 Å². The minimum absolute atomic E-state index is 0.413. The first-order valence-electron chi connectivity index (χ1n) is 5.23. The van der Waals surface area contributed by atoms with Gasteiger partial charge in [0.25, 0.3) is 0 Å². The zero-order valence-corrected chi connectivity index (χ0v) is 9.30. The number of likely N-dealkylation sites (N-methyl/N-ethyl adjacent to an activating group) is 2. The molecule has 0 fully saturated rings. The van der Waals surface area contributed by atoms with Crippen LogP contribution in [0.15, 0.2) is 24.3 Å². The van der Waals surface area contributed by atoms with Gasteiger partial charge in [0.15, 0.2) is 0 Å². The summed E-state index contributed by atoms with van der Waals surface area (Å²) in [5.41, 5.74) is 2.74. The molecular formula is C12H20N2. The maximum absolute atomic E-state index is 3.36. The van der Waals surface area contributed by atoms with E-state index in [0.29, 0.717) is 6.04 Å². The summed E-state index contributed by atoms with van der Waals surface area (Å²) in [6, 6.07) is 8.94. The summed E-state index contributed by atoms with van der Waals surface area (Å²) in [5.74, 6) is 0. The second-order valence-electron chi connectivity index (χ2n) is 3.51. The van der Waals surface area contributed by atoms with E-state index in [4.69, 9.17) is 0 Å². The fraction of sp³-hybridized carbons (Fsp3) is 0.500. The van der Waals surface area contributed by atoms with Crippen molar-refractivity contribution in [2.75, 3.05) is 20.1 Å². The Kier molecular flexibility index (Phi) is 4.63. The van der Waals surface area contributed by atoms with Gasteiger partial charge in [-0.05, 0) is 31.6 Å². The predicted octanol–water partition coefficient (Wildman–Crippen LogP) is 1.87. The van der Waals surface area contributed by atoms with Gasteiger partial charge < -0.3 is 10.6 Å². The average Bonchev–Trinajstić information content (AvgIpc) is 2.21. The van der Waals surface area contributed by atoms with Gasteiger partial charge in [0.2, 0.25) is 0 Å². The van der Waals surface area contributed by atoms with Gasteiger partial charge in [-0.3, -0.25) is 0 Å². The van der Waals surface area contributed by atoms with Gasteiger partial charge >= 0.3 is 0 Å². The molecule has 2 heteroatoms. The molecular weight excluding hydrogens is 172 g/mol. The Morgan fingerprint density at radius 1 is 1.29 bits per heavy atom. The van der Waals surface area contributed by atoms with Crippen LogP contribution in [0.1, 0.15) is 24.1 Å². The lowest BCUT2D eigenvalue weighted by molar-refractivity contribution is 0.536. The molecule has 0 aliphatic heterocycles. The molecule has 0 aromatic heterocycles. The molecule has 2 N–H and O–H groups in total. The van der Waals surface area contributed by atoms with Crippen molar-refractivity contribution in [2.24, 2.45) is 0 Å². The summed E-state index contributed by atoms with van der Waals surface area (Å²) in [6.45, 7) is 6.29. The van der Waals surface area contributed by atoms with Gasteiger partial charge in [-0.2, -0.15) is 0 Å². The lowest BCUT2D eigenvalue weighted by Gasteiger charge is -2.18. The number of hydrogen-bond acceptors (Lipinski definition) is 2. The van der Waals surface area contributed by atoms with Gasteiger partial charge in [-0.25, -0.2) is 0 Å². The Hall–Kier alpha value is -0.860. The lowest BCUT2D eigenvalue weighted by Crippen LogP contribution is -2.29. The van der Waals surface area contributed by atoms with Crippen LogP contribution in [0.25, 0.3) is 0 Å². The molecule has 0 heterocycles. The predicted molar refractivity (Wildman–Crippen MR) is 61.5 cm³/mol. The van der Waals surface area contributed by atoms with Crippen LogP contribution in [-0.4, -0.2) is 20.1 Å². The van der Waals surface area contributed by atoms with Crippen LogP contribution in [0.3, 0.4) is 0 Å². The fourth-order valence-corrected chi connectivity index (χ4v) is 1.63. The molecule has 1 rings (SSSR count). The standard InChI is InChI=1S/C12H20N2/c1-4-14-9-12(13-3)11-8-6-5-7-10(11)2/h5-8,12-14H,4,9H2,1-3H3. The molecule has 1 aromatic rings. The Morgan fingerprint density at radius 3 is 2.57 bits per heavy atom. The molecule has 0 saturated heterocycles. The molecule has 1 aromatic carbocycles. The first-order chi connectivity index (χ1) is 6.79. The summed E-state index contributed by atoms with van der Waals surface area (Å²) in [6.07, 6.45) is 0. The molecule has 1 unspecified atom stereocenters. The smallest absolute Gasteiger partial charge is 0.0446 e. The van der Waals surface area contributed by atoms with E-state index < -0.39 is 0 Å². The van der Waals surface area contributed by atoms with Gasteiger partial charge in [0, 0.05) is 12.6 Å². The van der Waals surface area contributed by atoms with Crippen molar-refractivity contribution in [3.63, 3.8) is 0 Å². The third kappa shape index (κ3) is 2.82. The third-order valence-electron chi connectivity index (χ3n) is 2.51. The van der Waals surface area contributed by atoms with Crippen LogP contribution in [0.2, 0.25) is 0 Å². The zero-order valence-electron chi connectivity index (χ0n) is 9.30. The van der Waals surface area contributed by atoms with E-state index in [2.05, 4.69) is 48.7 Å². The number of rotatable bonds is 5. The molecule has 78 valence electrons. The van der Waals surface area contributed by atoms with Gasteiger partial charge in [0.05, 0.1) is 0 Å². The van der Waals surface area contributed by atoms with Crippen LogP contribution < -0.4 is 10.6 Å². The van der Waals surface area contributed by atoms with Crippen LogP contribution >= 0.6 is 0 Å². The van der Waals surface area contributed by atoms with E-state index in [-0.39, 0.29) is 0 Å². The second-order valence-corrected chi connectivity index (χ2v) is 3.51. The summed E-state index contributed by atoms with van der Waals surface area (Å²) < 4.78 is 0. The van der Waals surface area contributed by atoms with Gasteiger partial charge in [0.1, 0.15) is 0 Å². The van der Waals surface area contributed by atoms with Gasteiger partial charge in [-0.15, -0.1) is 0 Å². The van der Waals surface area contributed by atoms with Crippen molar-refractivity contribution in [2.45, 2.75) is 19.9 Å². The number of nitrogens with one attached hydrogen (secondary N) is 2. The van der Waals surface area contributed by atoms with Crippen molar-refractivity contribution in [3.05, 3.63) is 35.4 Å². The molecule has 0 aliphatic carbocycles. The zero-order chi connectivity index (χ0) is 10.4. The van der Waals surface area contributed by atoms with E-state index in [0.717, 1.165) is 13.1 Å². The highest BCUT2D eigenvalue weighted by atomic mass is 15.0. The number of aryl methyl sites for hydroxylation is 1. The van der Waals surface area contributed by atoms with E-state index in [1.807, 2.05) is 7.05 Å². The highest BCUT2D eigenvalue weighted by molar-refractivity contribution is 5.28. The number of hydrogen-bond donors (Lipinski definition) is 2. The normalized spacial score (nSPS) is 12.8. The minimum atomic E-state index is 0.413. The maximum Gasteiger partial charge on any atom is 0.0446 e. The van der Waals surface area contributed by atoms with Crippen molar-refractivity contribution in [1.29, 1.82) is 0 Å². The van der Waals surface area contributed by atoms with Crippen molar-refractivity contribution < 1.29 is 0 Å². The highest BCUT2D eigenvalue weighted by Crippen LogP contribution is 2.15. The van der Waals surface area contributed by atoms with E-state index in [1.165, 1.54) is 11.1 Å². The molecule has 1 atom stereocenters. The van der Waals surface area contributed by atoms with Crippen LogP contribution in [0, 0.1) is 6.92 Å². The first-order valence-corrected chi connectivity index (χ1v) is 5.23. The first kappa shape index (κ1) is 11.2. The summed E-state index contributed by atoms with van der Waals surface area (Å²) in [7, 11) is 2.01. The molecule has 0 radical (unpaired) electrons. The van der Waals surface area contributed by atoms with Crippen LogP contribution in [-0.2, 0) is 0 Å². The van der Waals surface area contributed by atoms with Crippen LogP contribution in [0.5, 0.6) is 0 Å². The molecule has 0 spiro atoms. The Balaban J connectivity index is 2.73. The summed E-state index contributed by atoms with van der Waals surface area (Å²) in [4.78, 5) is 0. The fourth-order valence-electron chi connectivity index (χ4n) is 1.63. The minimum Gasteiger partial charge on any atom is -0.315 e. The quantitative estimate of drug-likeness (QED) is 0.744. The van der Waals surface area contributed by atoms with E-state index in [1.54, 1.807) is 0 Å². The molecule has 2 nitrogen and oxygen atoms in total. The summed E-state index contributed by atoms with van der Waals surface area (Å²) >= 11 is 0. The Morgan fingerprint density at radius 2 is 2.00 bits per heavy atom. The third-order valence-corrected chi connectivity index (χ3v) is 2.51. The topological polar surface area (TPSA) is 24.1 Å². The van der Waals surface area contributed by atoms with Crippen molar-refractivity contribution in [1.82, 2.24) is 10.6 Å². The Bertz CT molecular complexity index is 271. The average molecular weight is 192 g/mol. The van der Waals surface area contributed by atoms with Crippen molar-refractivity contribution in [3.8, 4) is 0 Å². The van der Waals surface area contributed by atoms with E-state index >= 15 is 0 Å². The molecule has 0 saturated carbocycles.